The zero-order valence-corrected chi connectivity index (χ0v) is 7.15. The standard InChI is InChI=1S/C8H18N2/c1-4-5-8(6-10-9)7(2)3/h6-7,10H,4-5,9H2,1-3H3/b8-6+. The third-order valence-corrected chi connectivity index (χ3v) is 1.55. The minimum absolute atomic E-state index is 0.607. The first-order chi connectivity index (χ1) is 4.72. The molecule has 0 atom stereocenters. The van der Waals surface area contributed by atoms with Crippen molar-refractivity contribution in [3.05, 3.63) is 11.8 Å². The van der Waals surface area contributed by atoms with Crippen molar-refractivity contribution in [2.24, 2.45) is 11.8 Å². The van der Waals surface area contributed by atoms with Gasteiger partial charge in [0.05, 0.1) is 0 Å². The Morgan fingerprint density at radius 1 is 1.60 bits per heavy atom. The highest BCUT2D eigenvalue weighted by Gasteiger charge is 1.99. The summed E-state index contributed by atoms with van der Waals surface area (Å²) in [4.78, 5) is 0. The van der Waals surface area contributed by atoms with Gasteiger partial charge in [0, 0.05) is 6.20 Å². The van der Waals surface area contributed by atoms with Crippen LogP contribution < -0.4 is 11.3 Å². The Balaban J connectivity index is 3.85. The van der Waals surface area contributed by atoms with E-state index in [4.69, 9.17) is 5.84 Å². The number of nitrogens with one attached hydrogen (secondary N) is 1. The second kappa shape index (κ2) is 5.30. The summed E-state index contributed by atoms with van der Waals surface area (Å²) < 4.78 is 0. The molecular formula is C8H18N2. The second-order valence-electron chi connectivity index (χ2n) is 2.79. The average Bonchev–Trinajstić information content (AvgIpc) is 1.87. The first-order valence-electron chi connectivity index (χ1n) is 3.87. The molecule has 0 fully saturated rings. The summed E-state index contributed by atoms with van der Waals surface area (Å²) in [7, 11) is 0. The highest BCUT2D eigenvalue weighted by Crippen LogP contribution is 2.13. The minimum Gasteiger partial charge on any atom is -0.331 e. The van der Waals surface area contributed by atoms with Gasteiger partial charge in [0.15, 0.2) is 0 Å². The zero-order valence-electron chi connectivity index (χ0n) is 7.15. The molecule has 0 aliphatic rings. The van der Waals surface area contributed by atoms with E-state index in [1.807, 2.05) is 6.20 Å². The maximum absolute atomic E-state index is 5.17. The lowest BCUT2D eigenvalue weighted by molar-refractivity contribution is 0.688. The van der Waals surface area contributed by atoms with Crippen molar-refractivity contribution in [1.29, 1.82) is 0 Å². The Morgan fingerprint density at radius 3 is 2.50 bits per heavy atom. The predicted octanol–water partition coefficient (Wildman–Crippen LogP) is 1.79. The van der Waals surface area contributed by atoms with Crippen LogP contribution in [-0.4, -0.2) is 0 Å². The lowest BCUT2D eigenvalue weighted by Gasteiger charge is -2.08. The molecule has 0 spiro atoms. The number of nitrogens with two attached hydrogens (primary N) is 1. The van der Waals surface area contributed by atoms with Crippen LogP contribution in [0.3, 0.4) is 0 Å². The van der Waals surface area contributed by atoms with E-state index in [-0.39, 0.29) is 0 Å². The van der Waals surface area contributed by atoms with Crippen LogP contribution in [0.25, 0.3) is 0 Å². The Bertz CT molecular complexity index is 106. The number of hydrazine groups is 1. The Hall–Kier alpha value is -0.500. The van der Waals surface area contributed by atoms with Gasteiger partial charge in [-0.15, -0.1) is 0 Å². The van der Waals surface area contributed by atoms with Gasteiger partial charge in [0.1, 0.15) is 0 Å². The SMILES string of the molecule is CCC/C(=C\NN)C(C)C. The molecule has 0 aliphatic heterocycles. The molecule has 0 saturated carbocycles. The van der Waals surface area contributed by atoms with Crippen LogP contribution in [0.15, 0.2) is 11.8 Å². The maximum Gasteiger partial charge on any atom is 0.0117 e. The fraction of sp³-hybridized carbons (Fsp3) is 0.750. The van der Waals surface area contributed by atoms with E-state index in [1.54, 1.807) is 0 Å². The smallest absolute Gasteiger partial charge is 0.0117 e. The van der Waals surface area contributed by atoms with Crippen LogP contribution in [0.4, 0.5) is 0 Å². The van der Waals surface area contributed by atoms with Crippen molar-refractivity contribution < 1.29 is 0 Å². The highest BCUT2D eigenvalue weighted by atomic mass is 15.2. The lowest BCUT2D eigenvalue weighted by Crippen LogP contribution is -2.15. The van der Waals surface area contributed by atoms with E-state index in [0.717, 1.165) is 6.42 Å². The molecule has 10 heavy (non-hydrogen) atoms. The molecule has 2 nitrogen and oxygen atoms in total. The van der Waals surface area contributed by atoms with Gasteiger partial charge in [-0.2, -0.15) is 0 Å². The third kappa shape index (κ3) is 3.51. The number of hydrogen-bond acceptors (Lipinski definition) is 2. The van der Waals surface area contributed by atoms with E-state index in [1.165, 1.54) is 12.0 Å². The number of rotatable bonds is 4. The molecule has 0 aromatic carbocycles. The quantitative estimate of drug-likeness (QED) is 0.464. The summed E-state index contributed by atoms with van der Waals surface area (Å²) >= 11 is 0. The van der Waals surface area contributed by atoms with E-state index in [0.29, 0.717) is 5.92 Å². The number of allylic oxidation sites excluding steroid dienone is 1. The molecule has 0 saturated heterocycles. The third-order valence-electron chi connectivity index (χ3n) is 1.55. The summed E-state index contributed by atoms with van der Waals surface area (Å²) in [5.74, 6) is 5.78. The van der Waals surface area contributed by atoms with Crippen LogP contribution in [-0.2, 0) is 0 Å². The Morgan fingerprint density at radius 2 is 2.20 bits per heavy atom. The van der Waals surface area contributed by atoms with Crippen LogP contribution in [0, 0.1) is 5.92 Å². The van der Waals surface area contributed by atoms with Crippen LogP contribution in [0.5, 0.6) is 0 Å². The largest absolute Gasteiger partial charge is 0.331 e. The van der Waals surface area contributed by atoms with Crippen LogP contribution in [0.2, 0.25) is 0 Å². The lowest BCUT2D eigenvalue weighted by atomic mass is 10.0. The predicted molar refractivity (Wildman–Crippen MR) is 45.2 cm³/mol. The summed E-state index contributed by atoms with van der Waals surface area (Å²) in [6.07, 6.45) is 4.22. The maximum atomic E-state index is 5.17. The van der Waals surface area contributed by atoms with Gasteiger partial charge in [-0.3, -0.25) is 5.84 Å². The molecule has 2 heteroatoms. The summed E-state index contributed by atoms with van der Waals surface area (Å²) in [6.45, 7) is 6.53. The van der Waals surface area contributed by atoms with Crippen molar-refractivity contribution in [3.63, 3.8) is 0 Å². The van der Waals surface area contributed by atoms with Crippen molar-refractivity contribution >= 4 is 0 Å². The molecule has 0 aromatic rings. The summed E-state index contributed by atoms with van der Waals surface area (Å²) in [6, 6.07) is 0. The molecule has 3 N–H and O–H groups in total. The van der Waals surface area contributed by atoms with E-state index >= 15 is 0 Å². The van der Waals surface area contributed by atoms with Gasteiger partial charge in [-0.25, -0.2) is 0 Å². The molecular weight excluding hydrogens is 124 g/mol. The van der Waals surface area contributed by atoms with E-state index in [2.05, 4.69) is 26.2 Å². The van der Waals surface area contributed by atoms with Crippen molar-refractivity contribution in [2.75, 3.05) is 0 Å². The van der Waals surface area contributed by atoms with Crippen molar-refractivity contribution in [1.82, 2.24) is 5.43 Å². The van der Waals surface area contributed by atoms with Crippen molar-refractivity contribution in [2.45, 2.75) is 33.6 Å². The first-order valence-corrected chi connectivity index (χ1v) is 3.87. The zero-order chi connectivity index (χ0) is 7.98. The van der Waals surface area contributed by atoms with Crippen molar-refractivity contribution in [3.8, 4) is 0 Å². The van der Waals surface area contributed by atoms with Gasteiger partial charge in [-0.05, 0) is 12.3 Å². The van der Waals surface area contributed by atoms with Crippen LogP contribution >= 0.6 is 0 Å². The molecule has 0 rings (SSSR count). The molecule has 0 radical (unpaired) electrons. The fourth-order valence-corrected chi connectivity index (χ4v) is 0.923. The highest BCUT2D eigenvalue weighted by molar-refractivity contribution is 5.02. The molecule has 60 valence electrons. The first kappa shape index (κ1) is 9.50. The summed E-state index contributed by atoms with van der Waals surface area (Å²) in [5.41, 5.74) is 3.97. The second-order valence-corrected chi connectivity index (χ2v) is 2.79. The molecule has 0 heterocycles. The monoisotopic (exact) mass is 142 g/mol. The van der Waals surface area contributed by atoms with E-state index < -0.39 is 0 Å². The van der Waals surface area contributed by atoms with E-state index in [9.17, 15) is 0 Å². The molecule has 0 unspecified atom stereocenters. The average molecular weight is 142 g/mol. The van der Waals surface area contributed by atoms with Gasteiger partial charge < -0.3 is 5.43 Å². The molecule has 0 aromatic heterocycles. The fourth-order valence-electron chi connectivity index (χ4n) is 0.923. The molecule has 0 aliphatic carbocycles. The minimum atomic E-state index is 0.607. The summed E-state index contributed by atoms with van der Waals surface area (Å²) in [5, 5.41) is 0. The number of hydrogen-bond donors (Lipinski definition) is 2. The van der Waals surface area contributed by atoms with Gasteiger partial charge in [-0.1, -0.05) is 32.8 Å². The topological polar surface area (TPSA) is 38.0 Å². The Labute approximate surface area is 63.5 Å². The van der Waals surface area contributed by atoms with Crippen LogP contribution in [0.1, 0.15) is 33.6 Å². The molecule has 0 bridgehead atoms. The normalized spacial score (nSPS) is 12.3. The van der Waals surface area contributed by atoms with Gasteiger partial charge in [0.25, 0.3) is 0 Å². The van der Waals surface area contributed by atoms with Gasteiger partial charge in [0.2, 0.25) is 0 Å². The Kier molecular flexibility index (Phi) is 5.03. The molecule has 0 amide bonds. The van der Waals surface area contributed by atoms with Gasteiger partial charge >= 0.3 is 0 Å².